The lowest BCUT2D eigenvalue weighted by Crippen LogP contribution is -1.97. The van der Waals surface area contributed by atoms with Gasteiger partial charge in [0.25, 0.3) is 0 Å². The topological polar surface area (TPSA) is 53.1 Å². The largest absolute Gasteiger partial charge is 0.495 e. The van der Waals surface area contributed by atoms with Gasteiger partial charge in [-0.05, 0) is 12.1 Å². The van der Waals surface area contributed by atoms with Gasteiger partial charge in [-0.15, -0.1) is 0 Å². The molecule has 2 N–H and O–H groups in total. The first-order chi connectivity index (χ1) is 7.38. The Morgan fingerprint density at radius 1 is 1.62 bits per heavy atom. The van der Waals surface area contributed by atoms with Crippen LogP contribution in [0.15, 0.2) is 18.3 Å². The summed E-state index contributed by atoms with van der Waals surface area (Å²) in [4.78, 5) is 0. The first-order valence-corrected chi connectivity index (χ1v) is 3.78. The molecule has 0 saturated heterocycles. The molecular formula is C9H11N3O. The minimum atomic E-state index is -2.50. The van der Waals surface area contributed by atoms with Gasteiger partial charge in [-0.3, -0.25) is 4.68 Å². The van der Waals surface area contributed by atoms with Crippen LogP contribution in [-0.2, 0) is 7.05 Å². The van der Waals surface area contributed by atoms with Crippen LogP contribution in [0.3, 0.4) is 0 Å². The number of aromatic nitrogens is 2. The molecule has 0 fully saturated rings. The molecule has 0 saturated carbocycles. The summed E-state index contributed by atoms with van der Waals surface area (Å²) in [7, 11) is -0.766. The number of benzene rings is 1. The van der Waals surface area contributed by atoms with Crippen molar-refractivity contribution in [1.82, 2.24) is 9.78 Å². The average molecular weight is 180 g/mol. The molecule has 0 atom stereocenters. The quantitative estimate of drug-likeness (QED) is 0.670. The van der Waals surface area contributed by atoms with Crippen molar-refractivity contribution in [3.05, 3.63) is 18.3 Å². The Morgan fingerprint density at radius 2 is 2.46 bits per heavy atom. The van der Waals surface area contributed by atoms with Crippen molar-refractivity contribution in [2.75, 3.05) is 12.8 Å². The summed E-state index contributed by atoms with van der Waals surface area (Å²) >= 11 is 0. The summed E-state index contributed by atoms with van der Waals surface area (Å²) in [6.45, 7) is 0. The molecule has 0 aliphatic carbocycles. The number of anilines is 1. The predicted molar refractivity (Wildman–Crippen MR) is 51.7 cm³/mol. The molecule has 1 aromatic heterocycles. The molecule has 0 spiro atoms. The zero-order chi connectivity index (χ0) is 11.9. The van der Waals surface area contributed by atoms with Crippen LogP contribution in [0.4, 0.5) is 5.69 Å². The van der Waals surface area contributed by atoms with Crippen LogP contribution in [0.1, 0.15) is 4.11 Å². The minimum Gasteiger partial charge on any atom is -0.495 e. The molecule has 0 amide bonds. The van der Waals surface area contributed by atoms with Gasteiger partial charge in [0.15, 0.2) is 0 Å². The second-order valence-electron chi connectivity index (χ2n) is 2.79. The number of hydrogen-bond donors (Lipinski definition) is 1. The number of nitrogen functional groups attached to an aromatic ring is 1. The summed E-state index contributed by atoms with van der Waals surface area (Å²) in [6.07, 6.45) is 1.66. The van der Waals surface area contributed by atoms with E-state index in [1.807, 2.05) is 0 Å². The number of ether oxygens (including phenoxy) is 1. The van der Waals surface area contributed by atoms with Gasteiger partial charge in [0.1, 0.15) is 11.4 Å². The highest BCUT2D eigenvalue weighted by molar-refractivity contribution is 5.92. The molecule has 0 aliphatic rings. The molecule has 0 bridgehead atoms. The van der Waals surface area contributed by atoms with Gasteiger partial charge in [0, 0.05) is 12.4 Å². The van der Waals surface area contributed by atoms with Crippen LogP contribution < -0.4 is 10.5 Å². The highest BCUT2D eigenvalue weighted by Crippen LogP contribution is 2.29. The molecule has 4 heteroatoms. The Morgan fingerprint density at radius 3 is 3.23 bits per heavy atom. The molecule has 1 heterocycles. The van der Waals surface area contributed by atoms with Crippen molar-refractivity contribution in [2.24, 2.45) is 7.05 Å². The van der Waals surface area contributed by atoms with Crippen molar-refractivity contribution in [3.63, 3.8) is 0 Å². The summed E-state index contributed by atoms with van der Waals surface area (Å²) in [6, 6.07) is 3.26. The molecule has 13 heavy (non-hydrogen) atoms. The molecule has 4 nitrogen and oxygen atoms in total. The van der Waals surface area contributed by atoms with Gasteiger partial charge in [0.2, 0.25) is 0 Å². The Balaban J connectivity index is 2.56. The second-order valence-corrected chi connectivity index (χ2v) is 2.79. The van der Waals surface area contributed by atoms with Gasteiger partial charge < -0.3 is 10.5 Å². The SMILES string of the molecule is [2H]C([2H])([2H])Oc1ccc2cnn(C)c2c1N. The minimum absolute atomic E-state index is 0.149. The normalized spacial score (nSPS) is 15.0. The maximum atomic E-state index is 7.02. The van der Waals surface area contributed by atoms with Crippen LogP contribution in [0, 0.1) is 0 Å². The molecule has 2 rings (SSSR count). The van der Waals surface area contributed by atoms with E-state index in [0.29, 0.717) is 5.52 Å². The summed E-state index contributed by atoms with van der Waals surface area (Å²) in [5.41, 5.74) is 6.79. The van der Waals surface area contributed by atoms with E-state index >= 15 is 0 Å². The fourth-order valence-corrected chi connectivity index (χ4v) is 1.37. The zero-order valence-electron chi connectivity index (χ0n) is 10.1. The van der Waals surface area contributed by atoms with E-state index < -0.39 is 7.04 Å². The fraction of sp³-hybridized carbons (Fsp3) is 0.222. The Kier molecular flexibility index (Phi) is 1.04. The number of aryl methyl sites for hydroxylation is 1. The lowest BCUT2D eigenvalue weighted by atomic mass is 10.2. The predicted octanol–water partition coefficient (Wildman–Crippen LogP) is 1.16. The van der Waals surface area contributed by atoms with Gasteiger partial charge in [0.05, 0.1) is 22.9 Å². The lowest BCUT2D eigenvalue weighted by Gasteiger charge is -2.05. The van der Waals surface area contributed by atoms with Crippen molar-refractivity contribution < 1.29 is 8.85 Å². The molecule has 0 unspecified atom stereocenters. The van der Waals surface area contributed by atoms with Crippen LogP contribution in [0.25, 0.3) is 10.9 Å². The van der Waals surface area contributed by atoms with Crippen molar-refractivity contribution in [3.8, 4) is 5.75 Å². The molecule has 2 aromatic rings. The maximum absolute atomic E-state index is 7.02. The van der Waals surface area contributed by atoms with Crippen molar-refractivity contribution in [1.29, 1.82) is 0 Å². The van der Waals surface area contributed by atoms with Gasteiger partial charge in [-0.1, -0.05) is 0 Å². The van der Waals surface area contributed by atoms with Crippen LogP contribution >= 0.6 is 0 Å². The summed E-state index contributed by atoms with van der Waals surface area (Å²) < 4.78 is 27.5. The van der Waals surface area contributed by atoms with E-state index in [1.165, 1.54) is 6.07 Å². The first kappa shape index (κ1) is 5.11. The molecule has 0 aliphatic heterocycles. The number of fused-ring (bicyclic) bond motifs is 1. The van der Waals surface area contributed by atoms with E-state index in [4.69, 9.17) is 14.6 Å². The third kappa shape index (κ3) is 1.02. The molecule has 1 aromatic carbocycles. The van der Waals surface area contributed by atoms with E-state index in [2.05, 4.69) is 5.10 Å². The molecule has 68 valence electrons. The monoisotopic (exact) mass is 180 g/mol. The average Bonchev–Trinajstić information content (AvgIpc) is 2.51. The Labute approximate surface area is 80.1 Å². The van der Waals surface area contributed by atoms with E-state index in [0.717, 1.165) is 5.39 Å². The standard InChI is InChI=1S/C9H11N3O/c1-12-9-6(5-11-12)3-4-7(13-2)8(9)10/h3-5H,10H2,1-2H3/i2D3. The lowest BCUT2D eigenvalue weighted by molar-refractivity contribution is 0.417. The first-order valence-electron chi connectivity index (χ1n) is 5.28. The summed E-state index contributed by atoms with van der Waals surface area (Å²) in [5, 5.41) is 4.88. The summed E-state index contributed by atoms with van der Waals surface area (Å²) in [5.74, 6) is 0.149. The fourth-order valence-electron chi connectivity index (χ4n) is 1.37. The number of hydrogen-bond acceptors (Lipinski definition) is 3. The third-order valence-electron chi connectivity index (χ3n) is 2.01. The Bertz CT molecular complexity index is 533. The van der Waals surface area contributed by atoms with Crippen LogP contribution in [-0.4, -0.2) is 16.8 Å². The van der Waals surface area contributed by atoms with E-state index in [1.54, 1.807) is 24.0 Å². The number of rotatable bonds is 1. The maximum Gasteiger partial charge on any atom is 0.144 e. The van der Waals surface area contributed by atoms with Crippen LogP contribution in [0.2, 0.25) is 0 Å². The molecular weight excluding hydrogens is 166 g/mol. The van der Waals surface area contributed by atoms with Gasteiger partial charge in [-0.25, -0.2) is 0 Å². The van der Waals surface area contributed by atoms with Gasteiger partial charge >= 0.3 is 0 Å². The van der Waals surface area contributed by atoms with E-state index in [9.17, 15) is 0 Å². The zero-order valence-corrected chi connectivity index (χ0v) is 7.11. The van der Waals surface area contributed by atoms with E-state index in [-0.39, 0.29) is 11.4 Å². The third-order valence-corrected chi connectivity index (χ3v) is 2.01. The van der Waals surface area contributed by atoms with Crippen molar-refractivity contribution in [2.45, 2.75) is 0 Å². The number of nitrogens with two attached hydrogens (primary N) is 1. The number of nitrogens with zero attached hydrogens (tertiary/aromatic N) is 2. The smallest absolute Gasteiger partial charge is 0.144 e. The van der Waals surface area contributed by atoms with Crippen LogP contribution in [0.5, 0.6) is 5.75 Å². The second kappa shape index (κ2) is 2.65. The highest BCUT2D eigenvalue weighted by atomic mass is 16.5. The van der Waals surface area contributed by atoms with Gasteiger partial charge in [-0.2, -0.15) is 5.10 Å². The molecule has 0 radical (unpaired) electrons. The highest BCUT2D eigenvalue weighted by Gasteiger charge is 2.07. The Hall–Kier alpha value is -1.71. The van der Waals surface area contributed by atoms with Crippen molar-refractivity contribution >= 4 is 16.6 Å². The number of methoxy groups -OCH3 is 1.